The summed E-state index contributed by atoms with van der Waals surface area (Å²) in [4.78, 5) is 0. The molecule has 1 nitrogen and oxygen atoms in total. The van der Waals surface area contributed by atoms with Gasteiger partial charge >= 0.3 is 0 Å². The summed E-state index contributed by atoms with van der Waals surface area (Å²) in [5.74, 6) is 0.449. The summed E-state index contributed by atoms with van der Waals surface area (Å²) < 4.78 is 24.7. The van der Waals surface area contributed by atoms with Gasteiger partial charge in [-0.15, -0.1) is 0 Å². The fourth-order valence-electron chi connectivity index (χ4n) is 1.99. The van der Waals surface area contributed by atoms with Gasteiger partial charge in [0.25, 0.3) is 6.43 Å². The van der Waals surface area contributed by atoms with E-state index < -0.39 is 12.5 Å². The summed E-state index contributed by atoms with van der Waals surface area (Å²) in [5, 5.41) is 9.96. The Balaban J connectivity index is 2.60. The van der Waals surface area contributed by atoms with E-state index in [2.05, 4.69) is 13.8 Å². The van der Waals surface area contributed by atoms with E-state index in [1.807, 2.05) is 0 Å². The van der Waals surface area contributed by atoms with Crippen LogP contribution in [0.4, 0.5) is 8.78 Å². The van der Waals surface area contributed by atoms with Gasteiger partial charge in [0, 0.05) is 5.56 Å². The predicted molar refractivity (Wildman–Crippen MR) is 65.0 cm³/mol. The monoisotopic (exact) mass is 242 g/mol. The minimum atomic E-state index is -2.44. The number of alkyl halides is 2. The molecule has 17 heavy (non-hydrogen) atoms. The van der Waals surface area contributed by atoms with Crippen LogP contribution in [-0.2, 0) is 0 Å². The zero-order chi connectivity index (χ0) is 12.8. The summed E-state index contributed by atoms with van der Waals surface area (Å²) in [6, 6.07) is 5.94. The molecule has 0 aliphatic heterocycles. The second-order valence-corrected chi connectivity index (χ2v) is 4.61. The molecule has 0 heterocycles. The Hall–Kier alpha value is -0.960. The molecule has 0 aliphatic rings. The molecule has 2 unspecified atom stereocenters. The zero-order valence-electron chi connectivity index (χ0n) is 10.4. The average molecular weight is 242 g/mol. The van der Waals surface area contributed by atoms with Crippen LogP contribution in [0.3, 0.4) is 0 Å². The van der Waals surface area contributed by atoms with E-state index in [1.54, 1.807) is 12.1 Å². The van der Waals surface area contributed by atoms with E-state index in [0.717, 1.165) is 18.4 Å². The summed E-state index contributed by atoms with van der Waals surface area (Å²) >= 11 is 0. The summed E-state index contributed by atoms with van der Waals surface area (Å²) in [7, 11) is 0. The van der Waals surface area contributed by atoms with Crippen molar-refractivity contribution in [1.82, 2.24) is 0 Å². The van der Waals surface area contributed by atoms with E-state index in [4.69, 9.17) is 0 Å². The molecule has 96 valence electrons. The first kappa shape index (κ1) is 14.1. The van der Waals surface area contributed by atoms with Crippen molar-refractivity contribution in [2.45, 2.75) is 45.6 Å². The maximum absolute atomic E-state index is 12.3. The molecule has 0 spiro atoms. The normalized spacial score (nSPS) is 14.9. The molecule has 0 aliphatic carbocycles. The Bertz CT molecular complexity index is 321. The third-order valence-corrected chi connectivity index (χ3v) is 2.98. The van der Waals surface area contributed by atoms with Crippen LogP contribution in [0.2, 0.25) is 0 Å². The van der Waals surface area contributed by atoms with E-state index in [9.17, 15) is 13.9 Å². The van der Waals surface area contributed by atoms with Crippen LogP contribution in [0.5, 0.6) is 0 Å². The minimum absolute atomic E-state index is 0.00237. The van der Waals surface area contributed by atoms with Gasteiger partial charge in [-0.1, -0.05) is 51.0 Å². The van der Waals surface area contributed by atoms with Crippen molar-refractivity contribution in [1.29, 1.82) is 0 Å². The summed E-state index contributed by atoms with van der Waals surface area (Å²) in [6.45, 7) is 4.21. The summed E-state index contributed by atoms with van der Waals surface area (Å²) in [6.07, 6.45) is -0.143. The molecule has 1 aromatic carbocycles. The number of benzene rings is 1. The smallest absolute Gasteiger partial charge is 0.263 e. The van der Waals surface area contributed by atoms with Crippen molar-refractivity contribution in [2.75, 3.05) is 0 Å². The summed E-state index contributed by atoms with van der Waals surface area (Å²) in [5.41, 5.74) is 0.722. The minimum Gasteiger partial charge on any atom is -0.388 e. The van der Waals surface area contributed by atoms with Gasteiger partial charge in [-0.25, -0.2) is 8.78 Å². The number of rotatable bonds is 6. The Morgan fingerprint density at radius 2 is 1.65 bits per heavy atom. The number of aliphatic hydroxyl groups is 1. The van der Waals surface area contributed by atoms with E-state index in [-0.39, 0.29) is 5.56 Å². The highest BCUT2D eigenvalue weighted by Gasteiger charge is 2.13. The van der Waals surface area contributed by atoms with E-state index in [0.29, 0.717) is 12.3 Å². The van der Waals surface area contributed by atoms with Crippen LogP contribution in [-0.4, -0.2) is 5.11 Å². The second-order valence-electron chi connectivity index (χ2n) is 4.61. The van der Waals surface area contributed by atoms with Crippen molar-refractivity contribution in [3.05, 3.63) is 35.4 Å². The fourth-order valence-corrected chi connectivity index (χ4v) is 1.99. The van der Waals surface area contributed by atoms with Crippen LogP contribution in [0, 0.1) is 5.92 Å². The lowest BCUT2D eigenvalue weighted by Crippen LogP contribution is -2.04. The number of aliphatic hydroxyl groups excluding tert-OH is 1. The van der Waals surface area contributed by atoms with Gasteiger partial charge < -0.3 is 5.11 Å². The highest BCUT2D eigenvalue weighted by molar-refractivity contribution is 5.24. The predicted octanol–water partition coefficient (Wildman–Crippen LogP) is 4.48. The molecular formula is C14H20F2O. The van der Waals surface area contributed by atoms with Gasteiger partial charge in [-0.2, -0.15) is 0 Å². The molecule has 1 rings (SSSR count). The van der Waals surface area contributed by atoms with Gasteiger partial charge in [0.2, 0.25) is 0 Å². The van der Waals surface area contributed by atoms with Gasteiger partial charge in [0.1, 0.15) is 0 Å². The SMILES string of the molecule is CCCC(C)CC(O)c1ccc(C(F)F)cc1. The molecular weight excluding hydrogens is 222 g/mol. The maximum Gasteiger partial charge on any atom is 0.263 e. The molecule has 0 amide bonds. The molecule has 0 saturated carbocycles. The van der Waals surface area contributed by atoms with Crippen LogP contribution >= 0.6 is 0 Å². The first-order valence-corrected chi connectivity index (χ1v) is 6.10. The van der Waals surface area contributed by atoms with Crippen molar-refractivity contribution in [3.63, 3.8) is 0 Å². The topological polar surface area (TPSA) is 20.2 Å². The average Bonchev–Trinajstić information content (AvgIpc) is 2.29. The van der Waals surface area contributed by atoms with Crippen LogP contribution in [0.1, 0.15) is 56.8 Å². The Morgan fingerprint density at radius 3 is 2.12 bits per heavy atom. The highest BCUT2D eigenvalue weighted by atomic mass is 19.3. The maximum atomic E-state index is 12.3. The van der Waals surface area contributed by atoms with Gasteiger partial charge in [0.15, 0.2) is 0 Å². The Morgan fingerprint density at radius 1 is 1.12 bits per heavy atom. The Kier molecular flexibility index (Phi) is 5.56. The number of hydrogen-bond acceptors (Lipinski definition) is 1. The first-order chi connectivity index (χ1) is 8.04. The quantitative estimate of drug-likeness (QED) is 0.779. The number of halogens is 2. The lowest BCUT2D eigenvalue weighted by atomic mass is 9.94. The molecule has 0 aromatic heterocycles. The van der Waals surface area contributed by atoms with Crippen LogP contribution < -0.4 is 0 Å². The van der Waals surface area contributed by atoms with Gasteiger partial charge in [-0.05, 0) is 17.9 Å². The first-order valence-electron chi connectivity index (χ1n) is 6.10. The van der Waals surface area contributed by atoms with Crippen LogP contribution in [0.15, 0.2) is 24.3 Å². The highest BCUT2D eigenvalue weighted by Crippen LogP contribution is 2.26. The standard InChI is InChI=1S/C14H20F2O/c1-3-4-10(2)9-13(17)11-5-7-12(8-6-11)14(15)16/h5-8,10,13-14,17H,3-4,9H2,1-2H3. The molecule has 0 fully saturated rings. The molecule has 3 heteroatoms. The lowest BCUT2D eigenvalue weighted by molar-refractivity contribution is 0.143. The van der Waals surface area contributed by atoms with E-state index >= 15 is 0 Å². The number of hydrogen-bond donors (Lipinski definition) is 1. The van der Waals surface area contributed by atoms with Gasteiger partial charge in [-0.3, -0.25) is 0 Å². The van der Waals surface area contributed by atoms with Gasteiger partial charge in [0.05, 0.1) is 6.10 Å². The molecule has 1 aromatic rings. The zero-order valence-corrected chi connectivity index (χ0v) is 10.4. The lowest BCUT2D eigenvalue weighted by Gasteiger charge is -2.16. The van der Waals surface area contributed by atoms with Crippen LogP contribution in [0.25, 0.3) is 0 Å². The third-order valence-electron chi connectivity index (χ3n) is 2.98. The van der Waals surface area contributed by atoms with Crippen molar-refractivity contribution >= 4 is 0 Å². The molecule has 0 saturated heterocycles. The largest absolute Gasteiger partial charge is 0.388 e. The molecule has 0 radical (unpaired) electrons. The van der Waals surface area contributed by atoms with Crippen molar-refractivity contribution in [3.8, 4) is 0 Å². The molecule has 1 N–H and O–H groups in total. The second kappa shape index (κ2) is 6.70. The Labute approximate surface area is 101 Å². The molecule has 0 bridgehead atoms. The van der Waals surface area contributed by atoms with Crippen molar-refractivity contribution < 1.29 is 13.9 Å². The third kappa shape index (κ3) is 4.43. The van der Waals surface area contributed by atoms with E-state index in [1.165, 1.54) is 12.1 Å². The molecule has 2 atom stereocenters. The van der Waals surface area contributed by atoms with Crippen molar-refractivity contribution in [2.24, 2.45) is 5.92 Å². The fraction of sp³-hybridized carbons (Fsp3) is 0.571.